The van der Waals surface area contributed by atoms with Crippen molar-refractivity contribution < 1.29 is 4.74 Å². The Morgan fingerprint density at radius 2 is 1.89 bits per heavy atom. The standard InChI is InChI=1S/C23H24N4O/c1-15-9-19(21-14-28-21)10-16(2)23(15)26-13-18-7-8-25-22(11-18)27-20-5-3-17(12-24)4-6-20/h3-10,18,21,26H,11,13-14H2,1-2H3,(H,25,27). The predicted molar refractivity (Wildman–Crippen MR) is 113 cm³/mol. The Morgan fingerprint density at radius 3 is 2.54 bits per heavy atom. The van der Waals surface area contributed by atoms with Crippen LogP contribution in [0.4, 0.5) is 11.4 Å². The zero-order chi connectivity index (χ0) is 19.5. The molecule has 2 atom stereocenters. The fourth-order valence-electron chi connectivity index (χ4n) is 3.58. The average Bonchev–Trinajstić information content (AvgIpc) is 3.53. The van der Waals surface area contributed by atoms with Gasteiger partial charge in [-0.3, -0.25) is 0 Å². The quantitative estimate of drug-likeness (QED) is 0.746. The first-order chi connectivity index (χ1) is 13.6. The molecule has 0 spiro atoms. The predicted octanol–water partition coefficient (Wildman–Crippen LogP) is 4.70. The van der Waals surface area contributed by atoms with E-state index >= 15 is 0 Å². The van der Waals surface area contributed by atoms with Gasteiger partial charge >= 0.3 is 0 Å². The molecule has 0 amide bonds. The van der Waals surface area contributed by atoms with Crippen LogP contribution in [0.2, 0.25) is 0 Å². The van der Waals surface area contributed by atoms with Crippen molar-refractivity contribution in [2.45, 2.75) is 26.4 Å². The number of benzene rings is 2. The molecule has 0 aromatic heterocycles. The summed E-state index contributed by atoms with van der Waals surface area (Å²) in [5.41, 5.74) is 6.61. The number of hydrogen-bond donors (Lipinski definition) is 2. The fourth-order valence-corrected chi connectivity index (χ4v) is 3.58. The lowest BCUT2D eigenvalue weighted by Crippen LogP contribution is -2.23. The third-order valence-electron chi connectivity index (χ3n) is 5.15. The molecule has 142 valence electrons. The highest BCUT2D eigenvalue weighted by Gasteiger charge is 2.25. The van der Waals surface area contributed by atoms with Gasteiger partial charge < -0.3 is 15.4 Å². The fraction of sp³-hybridized carbons (Fsp3) is 0.304. The van der Waals surface area contributed by atoms with Gasteiger partial charge in [-0.2, -0.15) is 5.26 Å². The van der Waals surface area contributed by atoms with Gasteiger partial charge in [-0.05, 0) is 54.8 Å². The topological polar surface area (TPSA) is 72.7 Å². The minimum atomic E-state index is 0.291. The molecule has 4 rings (SSSR count). The second-order valence-corrected chi connectivity index (χ2v) is 7.43. The first-order valence-corrected chi connectivity index (χ1v) is 9.59. The molecule has 2 aliphatic heterocycles. The van der Waals surface area contributed by atoms with Gasteiger partial charge in [0, 0.05) is 36.5 Å². The molecule has 0 saturated carbocycles. The SMILES string of the molecule is Cc1cc(C2CO2)cc(C)c1NCC1C=CN=C(Nc2ccc(C#N)cc2)C1. The van der Waals surface area contributed by atoms with E-state index in [2.05, 4.69) is 53.8 Å². The number of nitrogens with zero attached hydrogens (tertiary/aromatic N) is 2. The first kappa shape index (κ1) is 18.3. The van der Waals surface area contributed by atoms with Crippen molar-refractivity contribution >= 4 is 17.2 Å². The zero-order valence-corrected chi connectivity index (χ0v) is 16.2. The van der Waals surface area contributed by atoms with Crippen molar-refractivity contribution in [3.05, 3.63) is 70.9 Å². The summed E-state index contributed by atoms with van der Waals surface area (Å²) in [5, 5.41) is 15.9. The van der Waals surface area contributed by atoms with Crippen LogP contribution in [0.1, 0.15) is 34.8 Å². The molecule has 5 heteroatoms. The van der Waals surface area contributed by atoms with Gasteiger partial charge in [-0.25, -0.2) is 4.99 Å². The molecule has 1 fully saturated rings. The highest BCUT2D eigenvalue weighted by Crippen LogP contribution is 2.34. The van der Waals surface area contributed by atoms with Crippen LogP contribution in [0.15, 0.2) is 53.7 Å². The largest absolute Gasteiger partial charge is 0.384 e. The molecule has 0 aliphatic carbocycles. The third-order valence-corrected chi connectivity index (χ3v) is 5.15. The van der Waals surface area contributed by atoms with Crippen molar-refractivity contribution in [1.82, 2.24) is 0 Å². The number of ether oxygens (including phenoxy) is 1. The van der Waals surface area contributed by atoms with Crippen LogP contribution in [0.25, 0.3) is 0 Å². The maximum atomic E-state index is 8.91. The second-order valence-electron chi connectivity index (χ2n) is 7.43. The summed E-state index contributed by atoms with van der Waals surface area (Å²) in [6.07, 6.45) is 5.15. The molecule has 2 heterocycles. The number of nitrogens with one attached hydrogen (secondary N) is 2. The maximum absolute atomic E-state index is 8.91. The van der Waals surface area contributed by atoms with Crippen molar-refractivity contribution in [2.75, 3.05) is 23.8 Å². The Morgan fingerprint density at radius 1 is 1.18 bits per heavy atom. The number of aliphatic imine (C=N–C) groups is 1. The van der Waals surface area contributed by atoms with E-state index < -0.39 is 0 Å². The van der Waals surface area contributed by atoms with Crippen LogP contribution < -0.4 is 10.6 Å². The van der Waals surface area contributed by atoms with E-state index in [9.17, 15) is 0 Å². The molecule has 28 heavy (non-hydrogen) atoms. The lowest BCUT2D eigenvalue weighted by atomic mass is 10.00. The summed E-state index contributed by atoms with van der Waals surface area (Å²) in [6.45, 7) is 5.99. The van der Waals surface area contributed by atoms with Crippen molar-refractivity contribution in [3.8, 4) is 6.07 Å². The second kappa shape index (κ2) is 7.87. The van der Waals surface area contributed by atoms with E-state index in [1.54, 1.807) is 0 Å². The summed E-state index contributed by atoms with van der Waals surface area (Å²) in [7, 11) is 0. The molecular weight excluding hydrogens is 348 g/mol. The minimum Gasteiger partial charge on any atom is -0.384 e. The normalized spacial score (nSPS) is 20.2. The van der Waals surface area contributed by atoms with E-state index in [0.29, 0.717) is 17.6 Å². The Kier molecular flexibility index (Phi) is 5.14. The Balaban J connectivity index is 1.35. The third kappa shape index (κ3) is 4.24. The number of nitriles is 1. The molecular formula is C23H24N4O. The molecule has 2 aliphatic rings. The Hall–Kier alpha value is -3.10. The van der Waals surface area contributed by atoms with E-state index in [-0.39, 0.29) is 0 Å². The Labute approximate surface area is 165 Å². The van der Waals surface area contributed by atoms with Gasteiger partial charge in [0.15, 0.2) is 0 Å². The monoisotopic (exact) mass is 372 g/mol. The molecule has 2 aromatic rings. The zero-order valence-electron chi connectivity index (χ0n) is 16.2. The van der Waals surface area contributed by atoms with Crippen LogP contribution in [0, 0.1) is 31.1 Å². The number of hydrogen-bond acceptors (Lipinski definition) is 5. The van der Waals surface area contributed by atoms with E-state index in [0.717, 1.165) is 31.1 Å². The summed E-state index contributed by atoms with van der Waals surface area (Å²) >= 11 is 0. The molecule has 1 saturated heterocycles. The summed E-state index contributed by atoms with van der Waals surface area (Å²) in [6, 6.07) is 14.0. The molecule has 0 bridgehead atoms. The van der Waals surface area contributed by atoms with Crippen LogP contribution in [-0.2, 0) is 4.74 Å². The molecule has 5 nitrogen and oxygen atoms in total. The summed E-state index contributed by atoms with van der Waals surface area (Å²) in [5.74, 6) is 1.30. The van der Waals surface area contributed by atoms with Gasteiger partial charge in [0.05, 0.1) is 18.2 Å². The van der Waals surface area contributed by atoms with Gasteiger partial charge in [-0.1, -0.05) is 18.2 Å². The average molecular weight is 372 g/mol. The summed E-state index contributed by atoms with van der Waals surface area (Å²) in [4.78, 5) is 4.46. The van der Waals surface area contributed by atoms with Crippen molar-refractivity contribution in [2.24, 2.45) is 10.9 Å². The van der Waals surface area contributed by atoms with E-state index in [1.165, 1.54) is 22.4 Å². The summed E-state index contributed by atoms with van der Waals surface area (Å²) < 4.78 is 5.41. The minimum absolute atomic E-state index is 0.291. The van der Waals surface area contributed by atoms with E-state index in [1.807, 2.05) is 30.5 Å². The van der Waals surface area contributed by atoms with Crippen LogP contribution in [0.5, 0.6) is 0 Å². The number of rotatable bonds is 5. The van der Waals surface area contributed by atoms with Gasteiger partial charge in [-0.15, -0.1) is 0 Å². The Bertz CT molecular complexity index is 942. The van der Waals surface area contributed by atoms with Gasteiger partial charge in [0.2, 0.25) is 0 Å². The van der Waals surface area contributed by atoms with Crippen LogP contribution in [-0.4, -0.2) is 19.0 Å². The highest BCUT2D eigenvalue weighted by molar-refractivity contribution is 5.96. The van der Waals surface area contributed by atoms with Gasteiger partial charge in [0.1, 0.15) is 11.9 Å². The maximum Gasteiger partial charge on any atom is 0.106 e. The molecule has 2 aromatic carbocycles. The molecule has 0 radical (unpaired) electrons. The lowest BCUT2D eigenvalue weighted by molar-refractivity contribution is 0.415. The van der Waals surface area contributed by atoms with Gasteiger partial charge in [0.25, 0.3) is 0 Å². The number of anilines is 2. The number of aryl methyl sites for hydroxylation is 2. The van der Waals surface area contributed by atoms with Crippen molar-refractivity contribution in [1.29, 1.82) is 5.26 Å². The first-order valence-electron chi connectivity index (χ1n) is 9.59. The molecule has 2 N–H and O–H groups in total. The van der Waals surface area contributed by atoms with Crippen molar-refractivity contribution in [3.63, 3.8) is 0 Å². The molecule has 2 unspecified atom stereocenters. The van der Waals surface area contributed by atoms with Crippen LogP contribution in [0.3, 0.4) is 0 Å². The number of epoxide rings is 1. The smallest absolute Gasteiger partial charge is 0.106 e. The number of amidine groups is 1. The van der Waals surface area contributed by atoms with Crippen LogP contribution >= 0.6 is 0 Å². The highest BCUT2D eigenvalue weighted by atomic mass is 16.6. The van der Waals surface area contributed by atoms with E-state index in [4.69, 9.17) is 10.00 Å². The lowest BCUT2D eigenvalue weighted by Gasteiger charge is -2.21.